The van der Waals surface area contributed by atoms with E-state index < -0.39 is 0 Å². The number of unbranched alkanes of at least 4 members (excludes halogenated alkanes) is 2. The SMILES string of the molecule is OCCCCCNC(Cc1cccs1)c1cccs1. The molecule has 0 bridgehead atoms. The van der Waals surface area contributed by atoms with Gasteiger partial charge in [-0.25, -0.2) is 0 Å². The van der Waals surface area contributed by atoms with E-state index in [1.807, 2.05) is 22.7 Å². The second-order valence-corrected chi connectivity index (χ2v) is 6.60. The van der Waals surface area contributed by atoms with Gasteiger partial charge in [0.15, 0.2) is 0 Å². The summed E-state index contributed by atoms with van der Waals surface area (Å²) >= 11 is 3.65. The van der Waals surface area contributed by atoms with Crippen LogP contribution in [0.4, 0.5) is 0 Å². The first kappa shape index (κ1) is 14.7. The lowest BCUT2D eigenvalue weighted by Gasteiger charge is -2.16. The van der Waals surface area contributed by atoms with Gasteiger partial charge in [-0.3, -0.25) is 0 Å². The maximum atomic E-state index is 8.78. The molecule has 104 valence electrons. The zero-order valence-corrected chi connectivity index (χ0v) is 12.7. The van der Waals surface area contributed by atoms with Gasteiger partial charge in [-0.05, 0) is 48.7 Å². The van der Waals surface area contributed by atoms with E-state index in [4.69, 9.17) is 5.11 Å². The van der Waals surface area contributed by atoms with Crippen molar-refractivity contribution in [3.8, 4) is 0 Å². The number of hydrogen-bond acceptors (Lipinski definition) is 4. The minimum atomic E-state index is 0.309. The molecule has 2 aromatic rings. The highest BCUT2D eigenvalue weighted by atomic mass is 32.1. The molecule has 0 fully saturated rings. The highest BCUT2D eigenvalue weighted by molar-refractivity contribution is 7.10. The molecule has 2 heterocycles. The van der Waals surface area contributed by atoms with Gasteiger partial charge in [0.1, 0.15) is 0 Å². The van der Waals surface area contributed by atoms with Crippen LogP contribution in [0.1, 0.15) is 35.1 Å². The Bertz CT molecular complexity index is 425. The second-order valence-electron chi connectivity index (χ2n) is 4.59. The van der Waals surface area contributed by atoms with Crippen LogP contribution in [-0.4, -0.2) is 18.3 Å². The Balaban J connectivity index is 1.84. The third-order valence-electron chi connectivity index (χ3n) is 3.10. The van der Waals surface area contributed by atoms with Crippen molar-refractivity contribution < 1.29 is 5.11 Å². The Morgan fingerprint density at radius 2 is 1.89 bits per heavy atom. The van der Waals surface area contributed by atoms with Crippen LogP contribution >= 0.6 is 22.7 Å². The summed E-state index contributed by atoms with van der Waals surface area (Å²) in [6.45, 7) is 1.33. The minimum Gasteiger partial charge on any atom is -0.396 e. The van der Waals surface area contributed by atoms with Gasteiger partial charge in [0.2, 0.25) is 0 Å². The second kappa shape index (κ2) is 8.48. The van der Waals surface area contributed by atoms with Gasteiger partial charge in [-0.1, -0.05) is 12.1 Å². The van der Waals surface area contributed by atoms with Crippen LogP contribution in [-0.2, 0) is 6.42 Å². The van der Waals surface area contributed by atoms with Gasteiger partial charge in [0.05, 0.1) is 0 Å². The molecule has 2 rings (SSSR count). The fourth-order valence-corrected chi connectivity index (χ4v) is 3.64. The summed E-state index contributed by atoms with van der Waals surface area (Å²) in [4.78, 5) is 2.84. The number of thiophene rings is 2. The zero-order valence-electron chi connectivity index (χ0n) is 11.0. The highest BCUT2D eigenvalue weighted by Crippen LogP contribution is 2.24. The van der Waals surface area contributed by atoms with Gasteiger partial charge in [-0.2, -0.15) is 0 Å². The first-order chi connectivity index (χ1) is 9.40. The monoisotopic (exact) mass is 295 g/mol. The highest BCUT2D eigenvalue weighted by Gasteiger charge is 2.13. The van der Waals surface area contributed by atoms with Crippen molar-refractivity contribution in [3.05, 3.63) is 44.8 Å². The molecule has 0 radical (unpaired) electrons. The Morgan fingerprint density at radius 3 is 2.58 bits per heavy atom. The van der Waals surface area contributed by atoms with Crippen molar-refractivity contribution in [2.75, 3.05) is 13.2 Å². The van der Waals surface area contributed by atoms with Crippen molar-refractivity contribution >= 4 is 22.7 Å². The molecule has 2 aromatic heterocycles. The molecule has 0 aromatic carbocycles. The molecule has 1 atom stereocenters. The Morgan fingerprint density at radius 1 is 1.05 bits per heavy atom. The van der Waals surface area contributed by atoms with Crippen molar-refractivity contribution in [1.82, 2.24) is 5.32 Å². The number of rotatable bonds is 9. The zero-order chi connectivity index (χ0) is 13.3. The average Bonchev–Trinajstić information content (AvgIpc) is 3.10. The molecule has 0 saturated heterocycles. The third kappa shape index (κ3) is 5.07. The summed E-state index contributed by atoms with van der Waals surface area (Å²) in [7, 11) is 0. The van der Waals surface area contributed by atoms with Gasteiger partial charge >= 0.3 is 0 Å². The van der Waals surface area contributed by atoms with Gasteiger partial charge in [0.25, 0.3) is 0 Å². The summed E-state index contributed by atoms with van der Waals surface area (Å²) in [5.41, 5.74) is 0. The fraction of sp³-hybridized carbons (Fsp3) is 0.467. The first-order valence-corrected chi connectivity index (χ1v) is 8.56. The molecule has 0 spiro atoms. The Kier molecular flexibility index (Phi) is 6.57. The van der Waals surface area contributed by atoms with E-state index in [9.17, 15) is 0 Å². The van der Waals surface area contributed by atoms with Gasteiger partial charge in [-0.15, -0.1) is 22.7 Å². The van der Waals surface area contributed by atoms with Crippen molar-refractivity contribution in [2.24, 2.45) is 0 Å². The maximum absolute atomic E-state index is 8.78. The molecule has 4 heteroatoms. The Hall–Kier alpha value is -0.680. The summed E-state index contributed by atoms with van der Waals surface area (Å²) in [5.74, 6) is 0. The molecule has 0 aliphatic rings. The lowest BCUT2D eigenvalue weighted by Crippen LogP contribution is -2.23. The quantitative estimate of drug-likeness (QED) is 0.689. The predicted octanol–water partition coefficient (Wildman–Crippen LogP) is 3.85. The van der Waals surface area contributed by atoms with Crippen molar-refractivity contribution in [2.45, 2.75) is 31.7 Å². The van der Waals surface area contributed by atoms with E-state index in [1.54, 1.807) is 0 Å². The summed E-state index contributed by atoms with van der Waals surface area (Å²) in [5, 5.41) is 16.7. The lowest BCUT2D eigenvalue weighted by molar-refractivity contribution is 0.282. The Labute approximate surface area is 123 Å². The van der Waals surface area contributed by atoms with E-state index in [-0.39, 0.29) is 0 Å². The normalized spacial score (nSPS) is 12.7. The van der Waals surface area contributed by atoms with Crippen LogP contribution in [0.15, 0.2) is 35.0 Å². The van der Waals surface area contributed by atoms with Crippen molar-refractivity contribution in [1.29, 1.82) is 0 Å². The maximum Gasteiger partial charge on any atom is 0.0463 e. The van der Waals surface area contributed by atoms with E-state index >= 15 is 0 Å². The predicted molar refractivity (Wildman–Crippen MR) is 84.0 cm³/mol. The van der Waals surface area contributed by atoms with E-state index in [0.717, 1.165) is 32.2 Å². The molecule has 2 N–H and O–H groups in total. The molecule has 0 aliphatic carbocycles. The van der Waals surface area contributed by atoms with Crippen LogP contribution in [0.2, 0.25) is 0 Å². The minimum absolute atomic E-state index is 0.309. The van der Waals surface area contributed by atoms with Crippen LogP contribution in [0.5, 0.6) is 0 Å². The molecule has 0 saturated carbocycles. The molecule has 2 nitrogen and oxygen atoms in total. The molecular weight excluding hydrogens is 274 g/mol. The first-order valence-electron chi connectivity index (χ1n) is 6.80. The lowest BCUT2D eigenvalue weighted by atomic mass is 10.1. The van der Waals surface area contributed by atoms with E-state index in [0.29, 0.717) is 12.6 Å². The molecular formula is C15H21NOS2. The van der Waals surface area contributed by atoms with Gasteiger partial charge in [0, 0.05) is 28.8 Å². The number of nitrogens with one attached hydrogen (secondary N) is 1. The van der Waals surface area contributed by atoms with Crippen LogP contribution < -0.4 is 5.32 Å². The van der Waals surface area contributed by atoms with Crippen molar-refractivity contribution in [3.63, 3.8) is 0 Å². The van der Waals surface area contributed by atoms with Crippen LogP contribution in [0.25, 0.3) is 0 Å². The summed E-state index contributed by atoms with van der Waals surface area (Å²) in [6.07, 6.45) is 4.21. The van der Waals surface area contributed by atoms with Crippen LogP contribution in [0, 0.1) is 0 Å². The molecule has 19 heavy (non-hydrogen) atoms. The molecule has 0 amide bonds. The third-order valence-corrected chi connectivity index (χ3v) is 4.98. The largest absolute Gasteiger partial charge is 0.396 e. The number of hydrogen-bond donors (Lipinski definition) is 2. The summed E-state index contributed by atoms with van der Waals surface area (Å²) in [6, 6.07) is 9.08. The van der Waals surface area contributed by atoms with E-state index in [2.05, 4.69) is 40.3 Å². The molecule has 1 unspecified atom stereocenters. The average molecular weight is 295 g/mol. The standard InChI is InChI=1S/C15H21NOS2/c17-9-3-1-2-8-16-14(15-7-5-11-19-15)12-13-6-4-10-18-13/h4-7,10-11,14,16-17H,1-3,8-9,12H2. The molecule has 0 aliphatic heterocycles. The van der Waals surface area contributed by atoms with Crippen LogP contribution in [0.3, 0.4) is 0 Å². The van der Waals surface area contributed by atoms with E-state index in [1.165, 1.54) is 9.75 Å². The van der Waals surface area contributed by atoms with Gasteiger partial charge < -0.3 is 10.4 Å². The smallest absolute Gasteiger partial charge is 0.0463 e. The topological polar surface area (TPSA) is 32.3 Å². The number of aliphatic hydroxyl groups excluding tert-OH is 1. The fourth-order valence-electron chi connectivity index (χ4n) is 2.08. The number of aliphatic hydroxyl groups is 1. The summed E-state index contributed by atoms with van der Waals surface area (Å²) < 4.78 is 0.